The number of anilines is 2. The summed E-state index contributed by atoms with van der Waals surface area (Å²) in [6.07, 6.45) is -0.291. The molecule has 0 unspecified atom stereocenters. The van der Waals surface area contributed by atoms with E-state index < -0.39 is 5.97 Å². The van der Waals surface area contributed by atoms with Crippen molar-refractivity contribution >= 4 is 29.2 Å². The number of rotatable bonds is 5. The number of carbonyl (C=O) groups excluding carboxylic acids is 2. The van der Waals surface area contributed by atoms with Gasteiger partial charge in [0.1, 0.15) is 0 Å². The van der Waals surface area contributed by atoms with Crippen LogP contribution in [0.2, 0.25) is 0 Å². The minimum absolute atomic E-state index is 0.0812. The van der Waals surface area contributed by atoms with Gasteiger partial charge in [-0.1, -0.05) is 6.07 Å². The maximum atomic E-state index is 11.5. The van der Waals surface area contributed by atoms with E-state index in [9.17, 15) is 14.4 Å². The highest BCUT2D eigenvalue weighted by atomic mass is 16.4. The molecule has 0 aromatic heterocycles. The van der Waals surface area contributed by atoms with Crippen molar-refractivity contribution in [1.82, 2.24) is 0 Å². The van der Waals surface area contributed by atoms with E-state index in [0.29, 0.717) is 11.4 Å². The molecule has 1 aromatic rings. The maximum Gasteiger partial charge on any atom is 0.303 e. The number of amides is 2. The summed E-state index contributed by atoms with van der Waals surface area (Å²) in [4.78, 5) is 34.5. The Morgan fingerprint density at radius 3 is 2.53 bits per heavy atom. The van der Waals surface area contributed by atoms with Gasteiger partial charge in [-0.05, 0) is 18.2 Å². The van der Waals surface area contributed by atoms with Crippen molar-refractivity contribution in [2.45, 2.75) is 19.8 Å². The second-order valence-electron chi connectivity index (χ2n) is 4.07. The van der Waals surface area contributed by atoms with Crippen LogP contribution in [-0.4, -0.2) is 29.9 Å². The molecule has 0 saturated heterocycles. The topological polar surface area (TPSA) is 86.7 Å². The quantitative estimate of drug-likeness (QED) is 0.843. The first-order valence-corrected chi connectivity index (χ1v) is 5.76. The first-order valence-electron chi connectivity index (χ1n) is 5.76. The van der Waals surface area contributed by atoms with E-state index in [1.54, 1.807) is 31.3 Å². The Morgan fingerprint density at radius 1 is 1.26 bits per heavy atom. The van der Waals surface area contributed by atoms with Crippen molar-refractivity contribution in [3.05, 3.63) is 24.3 Å². The number of carbonyl (C=O) groups is 3. The number of carboxylic acids is 1. The molecule has 0 aliphatic rings. The zero-order valence-corrected chi connectivity index (χ0v) is 10.8. The Hall–Kier alpha value is -2.37. The summed E-state index contributed by atoms with van der Waals surface area (Å²) in [7, 11) is 1.63. The van der Waals surface area contributed by atoms with Gasteiger partial charge in [-0.3, -0.25) is 14.4 Å². The van der Waals surface area contributed by atoms with Gasteiger partial charge in [-0.25, -0.2) is 0 Å². The smallest absolute Gasteiger partial charge is 0.303 e. The molecule has 2 amide bonds. The lowest BCUT2D eigenvalue weighted by atomic mass is 10.2. The number of nitrogens with zero attached hydrogens (tertiary/aromatic N) is 1. The second kappa shape index (κ2) is 6.53. The van der Waals surface area contributed by atoms with Crippen LogP contribution in [0.3, 0.4) is 0 Å². The first-order chi connectivity index (χ1) is 8.90. The Balaban J connectivity index is 2.69. The molecule has 2 N–H and O–H groups in total. The van der Waals surface area contributed by atoms with E-state index in [-0.39, 0.29) is 24.7 Å². The summed E-state index contributed by atoms with van der Waals surface area (Å²) in [5, 5.41) is 11.1. The van der Waals surface area contributed by atoms with Crippen LogP contribution in [-0.2, 0) is 14.4 Å². The Bertz CT molecular complexity index is 499. The molecular weight excluding hydrogens is 248 g/mol. The van der Waals surface area contributed by atoms with Gasteiger partial charge in [0.25, 0.3) is 0 Å². The molecule has 0 spiro atoms. The average molecular weight is 264 g/mol. The van der Waals surface area contributed by atoms with Gasteiger partial charge < -0.3 is 15.3 Å². The van der Waals surface area contributed by atoms with Crippen LogP contribution in [0.5, 0.6) is 0 Å². The summed E-state index contributed by atoms with van der Waals surface area (Å²) in [6.45, 7) is 1.44. The summed E-state index contributed by atoms with van der Waals surface area (Å²) in [5.41, 5.74) is 1.18. The summed E-state index contributed by atoms with van der Waals surface area (Å²) in [6, 6.07) is 6.78. The lowest BCUT2D eigenvalue weighted by Gasteiger charge is -2.16. The third kappa shape index (κ3) is 4.79. The van der Waals surface area contributed by atoms with E-state index in [2.05, 4.69) is 5.32 Å². The number of carboxylic acid groups (broad SMARTS) is 1. The highest BCUT2D eigenvalue weighted by Gasteiger charge is 2.08. The molecule has 0 saturated carbocycles. The van der Waals surface area contributed by atoms with E-state index in [4.69, 9.17) is 5.11 Å². The average Bonchev–Trinajstić information content (AvgIpc) is 2.35. The standard InChI is InChI=1S/C13H16N2O4/c1-9(16)15(2)11-5-3-4-10(8-11)14-12(17)6-7-13(18)19/h3-5,8H,6-7H2,1-2H3,(H,14,17)(H,18,19). The fourth-order valence-corrected chi connectivity index (χ4v) is 1.42. The van der Waals surface area contributed by atoms with Crippen LogP contribution in [0.25, 0.3) is 0 Å². The van der Waals surface area contributed by atoms with Crippen LogP contribution in [0.15, 0.2) is 24.3 Å². The molecule has 0 atom stereocenters. The van der Waals surface area contributed by atoms with Crippen molar-refractivity contribution in [2.75, 3.05) is 17.3 Å². The Kier molecular flexibility index (Phi) is 5.05. The van der Waals surface area contributed by atoms with Crippen molar-refractivity contribution in [3.8, 4) is 0 Å². The van der Waals surface area contributed by atoms with Gasteiger partial charge in [0, 0.05) is 31.8 Å². The molecule has 0 heterocycles. The summed E-state index contributed by atoms with van der Waals surface area (Å²) in [5.74, 6) is -1.50. The van der Waals surface area contributed by atoms with Crippen molar-refractivity contribution in [3.63, 3.8) is 0 Å². The zero-order valence-electron chi connectivity index (χ0n) is 10.8. The monoisotopic (exact) mass is 264 g/mol. The molecular formula is C13H16N2O4. The lowest BCUT2D eigenvalue weighted by Crippen LogP contribution is -2.23. The van der Waals surface area contributed by atoms with Crippen LogP contribution >= 0.6 is 0 Å². The van der Waals surface area contributed by atoms with E-state index in [0.717, 1.165) is 0 Å². The predicted molar refractivity (Wildman–Crippen MR) is 71.0 cm³/mol. The number of hydrogen-bond donors (Lipinski definition) is 2. The SMILES string of the molecule is CC(=O)N(C)c1cccc(NC(=O)CCC(=O)O)c1. The molecule has 1 rings (SSSR count). The minimum Gasteiger partial charge on any atom is -0.481 e. The zero-order chi connectivity index (χ0) is 14.4. The Morgan fingerprint density at radius 2 is 1.95 bits per heavy atom. The van der Waals surface area contributed by atoms with Gasteiger partial charge >= 0.3 is 5.97 Å². The predicted octanol–water partition coefficient (Wildman–Crippen LogP) is 1.47. The van der Waals surface area contributed by atoms with Gasteiger partial charge in [-0.2, -0.15) is 0 Å². The molecule has 0 aliphatic heterocycles. The largest absolute Gasteiger partial charge is 0.481 e. The van der Waals surface area contributed by atoms with Gasteiger partial charge in [0.05, 0.1) is 6.42 Å². The molecule has 19 heavy (non-hydrogen) atoms. The third-order valence-corrected chi connectivity index (χ3v) is 2.56. The van der Waals surface area contributed by atoms with E-state index in [1.165, 1.54) is 11.8 Å². The summed E-state index contributed by atoms with van der Waals surface area (Å²) < 4.78 is 0. The highest BCUT2D eigenvalue weighted by Crippen LogP contribution is 2.18. The van der Waals surface area contributed by atoms with Crippen LogP contribution in [0, 0.1) is 0 Å². The molecule has 0 aliphatic carbocycles. The molecule has 0 fully saturated rings. The first kappa shape index (κ1) is 14.7. The van der Waals surface area contributed by atoms with Gasteiger partial charge in [0.2, 0.25) is 11.8 Å². The number of nitrogens with one attached hydrogen (secondary N) is 1. The molecule has 0 radical (unpaired) electrons. The molecule has 6 heteroatoms. The highest BCUT2D eigenvalue weighted by molar-refractivity contribution is 5.95. The van der Waals surface area contributed by atoms with Gasteiger partial charge in [-0.15, -0.1) is 0 Å². The number of hydrogen-bond acceptors (Lipinski definition) is 3. The van der Waals surface area contributed by atoms with Crippen LogP contribution in [0.1, 0.15) is 19.8 Å². The fraction of sp³-hybridized carbons (Fsp3) is 0.308. The molecule has 6 nitrogen and oxygen atoms in total. The van der Waals surface area contributed by atoms with Crippen LogP contribution in [0.4, 0.5) is 11.4 Å². The molecule has 102 valence electrons. The maximum absolute atomic E-state index is 11.5. The Labute approximate surface area is 111 Å². The van der Waals surface area contributed by atoms with E-state index in [1.807, 2.05) is 0 Å². The number of benzene rings is 1. The van der Waals surface area contributed by atoms with Gasteiger partial charge in [0.15, 0.2) is 0 Å². The third-order valence-electron chi connectivity index (χ3n) is 2.56. The van der Waals surface area contributed by atoms with Crippen molar-refractivity contribution in [1.29, 1.82) is 0 Å². The van der Waals surface area contributed by atoms with Crippen molar-refractivity contribution in [2.24, 2.45) is 0 Å². The molecule has 1 aromatic carbocycles. The van der Waals surface area contributed by atoms with Crippen molar-refractivity contribution < 1.29 is 19.5 Å². The van der Waals surface area contributed by atoms with E-state index >= 15 is 0 Å². The normalized spacial score (nSPS) is 9.79. The summed E-state index contributed by atoms with van der Waals surface area (Å²) >= 11 is 0. The lowest BCUT2D eigenvalue weighted by molar-refractivity contribution is -0.138. The minimum atomic E-state index is -1.01. The second-order valence-corrected chi connectivity index (χ2v) is 4.07. The number of aliphatic carboxylic acids is 1. The van der Waals surface area contributed by atoms with Crippen LogP contribution < -0.4 is 10.2 Å². The fourth-order valence-electron chi connectivity index (χ4n) is 1.42. The molecule has 0 bridgehead atoms.